The van der Waals surface area contributed by atoms with Gasteiger partial charge in [-0.3, -0.25) is 4.79 Å². The van der Waals surface area contributed by atoms with E-state index in [1.54, 1.807) is 0 Å². The number of aromatic nitrogens is 1. The Morgan fingerprint density at radius 1 is 1.58 bits per heavy atom. The van der Waals surface area contributed by atoms with Crippen molar-refractivity contribution < 1.29 is 14.8 Å². The Morgan fingerprint density at radius 2 is 2.21 bits per heavy atom. The number of nitrogens with zero attached hydrogens (tertiary/aromatic N) is 2. The summed E-state index contributed by atoms with van der Waals surface area (Å²) in [7, 11) is 1.48. The molecule has 19 heavy (non-hydrogen) atoms. The first-order valence-electron chi connectivity index (χ1n) is 6.04. The number of aliphatic hydroxyl groups excluding tert-OH is 1. The molecule has 2 N–H and O–H groups in total. The lowest BCUT2D eigenvalue weighted by molar-refractivity contribution is -0.391. The molecule has 1 aromatic heterocycles. The van der Waals surface area contributed by atoms with Gasteiger partial charge in [0.2, 0.25) is 0 Å². The van der Waals surface area contributed by atoms with Crippen LogP contribution in [0.25, 0.3) is 0 Å². The second-order valence-electron chi connectivity index (χ2n) is 5.49. The average Bonchev–Trinajstić information content (AvgIpc) is 2.70. The minimum absolute atomic E-state index is 0.121. The number of nitro groups is 1. The number of carbonyl (C=O) groups excluding carboxylic acids is 1. The summed E-state index contributed by atoms with van der Waals surface area (Å²) >= 11 is 0. The quantitative estimate of drug-likeness (QED) is 0.626. The summed E-state index contributed by atoms with van der Waals surface area (Å²) in [6.07, 6.45) is 0.0752. The van der Waals surface area contributed by atoms with E-state index >= 15 is 0 Å². The largest absolute Gasteiger partial charge is 0.392 e. The predicted molar refractivity (Wildman–Crippen MR) is 67.7 cm³/mol. The van der Waals surface area contributed by atoms with E-state index in [2.05, 4.69) is 5.32 Å². The molecule has 1 aliphatic carbocycles. The van der Waals surface area contributed by atoms with Crippen LogP contribution in [0.15, 0.2) is 12.1 Å². The maximum absolute atomic E-state index is 12.1. The first kappa shape index (κ1) is 13.5. The molecule has 0 saturated heterocycles. The zero-order valence-corrected chi connectivity index (χ0v) is 11.1. The molecule has 7 heteroatoms. The van der Waals surface area contributed by atoms with Gasteiger partial charge in [0.25, 0.3) is 5.91 Å². The minimum Gasteiger partial charge on any atom is -0.392 e. The van der Waals surface area contributed by atoms with Crippen LogP contribution >= 0.6 is 0 Å². The highest BCUT2D eigenvalue weighted by Crippen LogP contribution is 2.40. The minimum atomic E-state index is -0.534. The van der Waals surface area contributed by atoms with Crippen molar-refractivity contribution in [2.75, 3.05) is 0 Å². The van der Waals surface area contributed by atoms with Crippen molar-refractivity contribution in [2.24, 2.45) is 12.5 Å². The number of amides is 1. The Bertz CT molecular complexity index is 535. The lowest BCUT2D eigenvalue weighted by Gasteiger charge is -2.49. The van der Waals surface area contributed by atoms with Crippen LogP contribution in [0, 0.1) is 15.5 Å². The summed E-state index contributed by atoms with van der Waals surface area (Å²) in [5.41, 5.74) is -0.129. The van der Waals surface area contributed by atoms with Crippen molar-refractivity contribution in [3.63, 3.8) is 0 Å². The summed E-state index contributed by atoms with van der Waals surface area (Å²) in [5, 5.41) is 23.1. The van der Waals surface area contributed by atoms with Gasteiger partial charge in [0.1, 0.15) is 0 Å². The number of carbonyl (C=O) groups is 1. The van der Waals surface area contributed by atoms with Crippen molar-refractivity contribution in [1.82, 2.24) is 9.88 Å². The summed E-state index contributed by atoms with van der Waals surface area (Å²) in [6, 6.07) is 2.61. The standard InChI is InChI=1S/C12H17N3O4/c1-12(2)8(6-9(12)16)13-11(17)7-4-5-10(14(7)3)15(18)19/h4-5,8-9,16H,6H2,1-3H3,(H,13,17). The molecule has 104 valence electrons. The number of hydrogen-bond acceptors (Lipinski definition) is 4. The van der Waals surface area contributed by atoms with Crippen molar-refractivity contribution >= 4 is 11.7 Å². The molecule has 0 spiro atoms. The molecule has 0 radical (unpaired) electrons. The molecule has 1 saturated carbocycles. The topological polar surface area (TPSA) is 97.4 Å². The Morgan fingerprint density at radius 3 is 2.63 bits per heavy atom. The number of hydrogen-bond donors (Lipinski definition) is 2. The summed E-state index contributed by atoms with van der Waals surface area (Å²) < 4.78 is 1.25. The number of rotatable bonds is 3. The number of nitrogens with one attached hydrogen (secondary N) is 1. The molecule has 0 aromatic carbocycles. The molecule has 2 rings (SSSR count). The molecule has 1 aromatic rings. The van der Waals surface area contributed by atoms with Gasteiger partial charge < -0.3 is 20.5 Å². The molecule has 1 fully saturated rings. The second kappa shape index (κ2) is 4.34. The molecule has 1 aliphatic rings. The second-order valence-corrected chi connectivity index (χ2v) is 5.49. The average molecular weight is 267 g/mol. The Balaban J connectivity index is 2.12. The van der Waals surface area contributed by atoms with E-state index in [-0.39, 0.29) is 28.9 Å². The van der Waals surface area contributed by atoms with E-state index in [1.165, 1.54) is 23.7 Å². The molecule has 7 nitrogen and oxygen atoms in total. The van der Waals surface area contributed by atoms with Crippen molar-refractivity contribution in [3.05, 3.63) is 27.9 Å². The van der Waals surface area contributed by atoms with Crippen LogP contribution in [-0.4, -0.2) is 32.6 Å². The highest BCUT2D eigenvalue weighted by atomic mass is 16.6. The third-order valence-corrected chi connectivity index (χ3v) is 4.04. The Labute approximate surface area is 110 Å². The zero-order chi connectivity index (χ0) is 14.4. The molecule has 0 aliphatic heterocycles. The fraction of sp³-hybridized carbons (Fsp3) is 0.583. The first-order valence-corrected chi connectivity index (χ1v) is 6.04. The molecule has 0 bridgehead atoms. The van der Waals surface area contributed by atoms with Crippen LogP contribution in [0.2, 0.25) is 0 Å². The van der Waals surface area contributed by atoms with E-state index in [4.69, 9.17) is 0 Å². The molecule has 1 heterocycles. The highest BCUT2D eigenvalue weighted by molar-refractivity contribution is 5.93. The van der Waals surface area contributed by atoms with Gasteiger partial charge in [0.15, 0.2) is 5.69 Å². The lowest BCUT2D eigenvalue weighted by atomic mass is 9.64. The molecule has 2 atom stereocenters. The van der Waals surface area contributed by atoms with Crippen LogP contribution in [-0.2, 0) is 7.05 Å². The van der Waals surface area contributed by atoms with Crippen LogP contribution in [0.4, 0.5) is 5.82 Å². The zero-order valence-electron chi connectivity index (χ0n) is 11.1. The normalized spacial score (nSPS) is 24.6. The molecule has 1 amide bonds. The van der Waals surface area contributed by atoms with E-state index in [0.717, 1.165) is 0 Å². The van der Waals surface area contributed by atoms with Gasteiger partial charge in [-0.25, -0.2) is 4.57 Å². The van der Waals surface area contributed by atoms with Gasteiger partial charge in [-0.2, -0.15) is 0 Å². The van der Waals surface area contributed by atoms with Gasteiger partial charge in [-0.1, -0.05) is 13.8 Å². The third kappa shape index (κ3) is 2.10. The van der Waals surface area contributed by atoms with Crippen molar-refractivity contribution in [2.45, 2.75) is 32.4 Å². The third-order valence-electron chi connectivity index (χ3n) is 4.04. The van der Waals surface area contributed by atoms with Gasteiger partial charge in [0, 0.05) is 17.5 Å². The lowest BCUT2D eigenvalue weighted by Crippen LogP contribution is -2.61. The fourth-order valence-corrected chi connectivity index (χ4v) is 2.29. The summed E-state index contributed by atoms with van der Waals surface area (Å²) in [6.45, 7) is 3.75. The fourth-order valence-electron chi connectivity index (χ4n) is 2.29. The van der Waals surface area contributed by atoms with Gasteiger partial charge in [-0.15, -0.1) is 0 Å². The van der Waals surface area contributed by atoms with Crippen LogP contribution in [0.1, 0.15) is 30.8 Å². The summed E-state index contributed by atoms with van der Waals surface area (Å²) in [5.74, 6) is -0.487. The molecule has 2 unspecified atom stereocenters. The maximum atomic E-state index is 12.1. The smallest absolute Gasteiger partial charge is 0.323 e. The van der Waals surface area contributed by atoms with Gasteiger partial charge in [0.05, 0.1) is 13.2 Å². The van der Waals surface area contributed by atoms with Crippen LogP contribution < -0.4 is 5.32 Å². The van der Waals surface area contributed by atoms with Crippen LogP contribution in [0.3, 0.4) is 0 Å². The van der Waals surface area contributed by atoms with Gasteiger partial charge >= 0.3 is 5.82 Å². The Hall–Kier alpha value is -1.89. The molecular formula is C12H17N3O4. The van der Waals surface area contributed by atoms with Gasteiger partial charge in [-0.05, 0) is 17.4 Å². The maximum Gasteiger partial charge on any atom is 0.323 e. The molecular weight excluding hydrogens is 250 g/mol. The predicted octanol–water partition coefficient (Wildman–Crippen LogP) is 0.822. The van der Waals surface area contributed by atoms with E-state index in [0.29, 0.717) is 6.42 Å². The van der Waals surface area contributed by atoms with E-state index in [9.17, 15) is 20.0 Å². The van der Waals surface area contributed by atoms with Crippen LogP contribution in [0.5, 0.6) is 0 Å². The Kier molecular flexibility index (Phi) is 3.09. The summed E-state index contributed by atoms with van der Waals surface area (Å²) in [4.78, 5) is 22.2. The number of aliphatic hydroxyl groups is 1. The SMILES string of the molecule is Cn1c(C(=O)NC2CC(O)C2(C)C)ccc1[N+](=O)[O-]. The first-order chi connectivity index (χ1) is 8.75. The highest BCUT2D eigenvalue weighted by Gasteiger charge is 2.48. The van der Waals surface area contributed by atoms with Crippen molar-refractivity contribution in [3.8, 4) is 0 Å². The monoisotopic (exact) mass is 267 g/mol. The van der Waals surface area contributed by atoms with E-state index in [1.807, 2.05) is 13.8 Å². The van der Waals surface area contributed by atoms with E-state index < -0.39 is 11.0 Å². The van der Waals surface area contributed by atoms with Crippen molar-refractivity contribution in [1.29, 1.82) is 0 Å².